The number of rotatable bonds is 9. The van der Waals surface area contributed by atoms with Gasteiger partial charge in [0.2, 0.25) is 0 Å². The number of hydrogen-bond acceptors (Lipinski definition) is 10. The zero-order valence-electron chi connectivity index (χ0n) is 30.8. The van der Waals surface area contributed by atoms with Crippen LogP contribution in [0.3, 0.4) is 0 Å². The number of nitro groups is 1. The van der Waals surface area contributed by atoms with Crippen molar-refractivity contribution in [3.05, 3.63) is 146 Å². The van der Waals surface area contributed by atoms with Crippen LogP contribution in [-0.4, -0.2) is 40.8 Å². The first kappa shape index (κ1) is 35.7. The summed E-state index contributed by atoms with van der Waals surface area (Å²) in [4.78, 5) is 50.0. The zero-order valence-corrected chi connectivity index (χ0v) is 30.8. The van der Waals surface area contributed by atoms with Gasteiger partial charge in [0.25, 0.3) is 17.5 Å². The number of esters is 1. The van der Waals surface area contributed by atoms with Gasteiger partial charge in [0.1, 0.15) is 26.4 Å². The van der Waals surface area contributed by atoms with Gasteiger partial charge >= 0.3 is 5.97 Å². The van der Waals surface area contributed by atoms with Crippen LogP contribution in [0.1, 0.15) is 79.0 Å². The third kappa shape index (κ3) is 6.73. The molecule has 0 spiro atoms. The normalized spacial score (nSPS) is 14.2. The van der Waals surface area contributed by atoms with E-state index in [1.54, 1.807) is 18.2 Å². The first-order chi connectivity index (χ1) is 27.8. The van der Waals surface area contributed by atoms with Crippen molar-refractivity contribution in [2.45, 2.75) is 52.1 Å². The van der Waals surface area contributed by atoms with Gasteiger partial charge in [-0.05, 0) is 88.7 Å². The fourth-order valence-electron chi connectivity index (χ4n) is 7.74. The molecule has 3 heterocycles. The lowest BCUT2D eigenvalue weighted by Crippen LogP contribution is -2.30. The topological polar surface area (TPSA) is 144 Å². The molecule has 3 aliphatic heterocycles. The Morgan fingerprint density at radius 1 is 0.614 bits per heavy atom. The Morgan fingerprint density at radius 3 is 1.81 bits per heavy atom. The second-order valence-corrected chi connectivity index (χ2v) is 14.3. The van der Waals surface area contributed by atoms with E-state index in [0.717, 1.165) is 66.3 Å². The molecule has 0 unspecified atom stereocenters. The zero-order chi connectivity index (χ0) is 39.0. The monoisotopic (exact) mass is 764 g/mol. The maximum absolute atomic E-state index is 13.0. The number of benzene rings is 6. The van der Waals surface area contributed by atoms with Crippen molar-refractivity contribution in [3.63, 3.8) is 0 Å². The Balaban J connectivity index is 0.790. The largest absolute Gasteiger partial charge is 0.485 e. The maximum atomic E-state index is 13.0. The minimum Gasteiger partial charge on any atom is -0.485 e. The lowest BCUT2D eigenvalue weighted by Gasteiger charge is -2.25. The molecule has 12 heteroatoms. The maximum Gasteiger partial charge on any atom is 0.338 e. The molecule has 0 saturated carbocycles. The molecule has 0 saturated heterocycles. The fraction of sp³-hybridized carbons (Fsp3) is 0.222. The number of unbranched alkanes of at least 4 members (excludes halogenated alkanes) is 3. The standard InChI is InChI=1S/C45H36N2O10/c48-43-37-15-14-32(47(51)52)22-38(37)44(49)46(43)17-7-1-2-8-18-53-45(50)27-13-16-39-40(21-27)55-24-29-20-31-26-57-42-36-12-6-4-10-34(36)33-9-3-5-11-35(33)41(42)56-25-30(31)19-28(29)23-54-39/h3-6,9-16,19-22H,1-2,7-8,17-18,23-26H2. The molecule has 2 amide bonds. The molecular formula is C45H36N2O10. The second kappa shape index (κ2) is 14.9. The molecule has 3 aliphatic rings. The van der Waals surface area contributed by atoms with E-state index >= 15 is 0 Å². The third-order valence-corrected chi connectivity index (χ3v) is 10.7. The van der Waals surface area contributed by atoms with E-state index in [4.69, 9.17) is 23.7 Å². The summed E-state index contributed by atoms with van der Waals surface area (Å²) in [5.74, 6) is 0.976. The number of amides is 2. The molecule has 9 rings (SSSR count). The number of ether oxygens (including phenoxy) is 5. The predicted octanol–water partition coefficient (Wildman–Crippen LogP) is 8.86. The van der Waals surface area contributed by atoms with Crippen LogP contribution in [0.25, 0.3) is 21.5 Å². The van der Waals surface area contributed by atoms with Gasteiger partial charge in [-0.15, -0.1) is 0 Å². The van der Waals surface area contributed by atoms with Crippen molar-refractivity contribution in [3.8, 4) is 23.0 Å². The van der Waals surface area contributed by atoms with E-state index in [1.165, 1.54) is 12.1 Å². The van der Waals surface area contributed by atoms with Crippen molar-refractivity contribution < 1.29 is 43.0 Å². The van der Waals surface area contributed by atoms with Gasteiger partial charge in [-0.2, -0.15) is 0 Å². The molecule has 286 valence electrons. The van der Waals surface area contributed by atoms with Gasteiger partial charge < -0.3 is 23.7 Å². The number of nitro benzene ring substituents is 1. The molecule has 12 nitrogen and oxygen atoms in total. The first-order valence-electron chi connectivity index (χ1n) is 18.9. The summed E-state index contributed by atoms with van der Waals surface area (Å²) in [7, 11) is 0. The van der Waals surface area contributed by atoms with Crippen molar-refractivity contribution in [2.75, 3.05) is 13.2 Å². The molecule has 0 radical (unpaired) electrons. The Morgan fingerprint density at radius 2 is 1.18 bits per heavy atom. The van der Waals surface area contributed by atoms with Crippen molar-refractivity contribution >= 4 is 45.0 Å². The molecular weight excluding hydrogens is 728 g/mol. The van der Waals surface area contributed by atoms with Gasteiger partial charge in [0, 0.05) is 29.4 Å². The van der Waals surface area contributed by atoms with E-state index in [1.807, 2.05) is 24.3 Å². The molecule has 6 aromatic carbocycles. The molecule has 0 atom stereocenters. The van der Waals surface area contributed by atoms with Gasteiger partial charge in [0.15, 0.2) is 23.0 Å². The Bertz CT molecular complexity index is 2640. The molecule has 0 bridgehead atoms. The van der Waals surface area contributed by atoms with Crippen LogP contribution < -0.4 is 18.9 Å². The Hall–Kier alpha value is -6.95. The Labute approximate surface area is 326 Å². The summed E-state index contributed by atoms with van der Waals surface area (Å²) in [5.41, 5.74) is 4.28. The van der Waals surface area contributed by atoms with Crippen LogP contribution >= 0.6 is 0 Å². The number of nitrogens with zero attached hydrogens (tertiary/aromatic N) is 2. The molecule has 0 aromatic heterocycles. The average molecular weight is 765 g/mol. The van der Waals surface area contributed by atoms with E-state index in [2.05, 4.69) is 36.4 Å². The summed E-state index contributed by atoms with van der Waals surface area (Å²) < 4.78 is 31.0. The molecule has 57 heavy (non-hydrogen) atoms. The third-order valence-electron chi connectivity index (χ3n) is 10.7. The van der Waals surface area contributed by atoms with Gasteiger partial charge in [-0.3, -0.25) is 24.6 Å². The van der Waals surface area contributed by atoms with E-state index in [0.29, 0.717) is 62.6 Å². The van der Waals surface area contributed by atoms with Crippen molar-refractivity contribution in [1.29, 1.82) is 0 Å². The van der Waals surface area contributed by atoms with Crippen LogP contribution in [0.15, 0.2) is 97.1 Å². The van der Waals surface area contributed by atoms with Crippen molar-refractivity contribution in [2.24, 2.45) is 0 Å². The van der Waals surface area contributed by atoms with Crippen LogP contribution in [-0.2, 0) is 31.2 Å². The number of carbonyl (C=O) groups is 3. The molecule has 0 N–H and O–H groups in total. The predicted molar refractivity (Wildman–Crippen MR) is 209 cm³/mol. The van der Waals surface area contributed by atoms with Crippen LogP contribution in [0.5, 0.6) is 23.0 Å². The number of hydrogen-bond donors (Lipinski definition) is 0. The lowest BCUT2D eigenvalue weighted by molar-refractivity contribution is -0.384. The first-order valence-corrected chi connectivity index (χ1v) is 18.9. The number of carbonyl (C=O) groups excluding carboxylic acids is 3. The smallest absolute Gasteiger partial charge is 0.338 e. The van der Waals surface area contributed by atoms with E-state index < -0.39 is 22.7 Å². The van der Waals surface area contributed by atoms with Gasteiger partial charge in [0.05, 0.1) is 28.2 Å². The highest BCUT2D eigenvalue weighted by Gasteiger charge is 2.36. The van der Waals surface area contributed by atoms with Crippen LogP contribution in [0, 0.1) is 10.1 Å². The van der Waals surface area contributed by atoms with Gasteiger partial charge in [-0.25, -0.2) is 4.79 Å². The lowest BCUT2D eigenvalue weighted by atomic mass is 9.97. The second-order valence-electron chi connectivity index (χ2n) is 14.3. The highest BCUT2D eigenvalue weighted by Crippen LogP contribution is 2.45. The van der Waals surface area contributed by atoms with Crippen molar-refractivity contribution in [1.82, 2.24) is 4.90 Å². The Kier molecular flexibility index (Phi) is 9.37. The summed E-state index contributed by atoms with van der Waals surface area (Å²) >= 11 is 0. The number of imide groups is 1. The highest BCUT2D eigenvalue weighted by molar-refractivity contribution is 6.21. The minimum absolute atomic E-state index is 0.0565. The molecule has 0 aliphatic carbocycles. The highest BCUT2D eigenvalue weighted by atomic mass is 16.6. The SMILES string of the molecule is O=C(OCCCCCCN1C(=O)c2ccc([N+](=O)[O-])cc2C1=O)c1ccc2c(c1)OCc1cc3c(cc1CO2)COc1c(c2ccccc2c2ccccc12)OC3. The van der Waals surface area contributed by atoms with Crippen LogP contribution in [0.2, 0.25) is 0 Å². The molecule has 6 aromatic rings. The molecule has 0 fully saturated rings. The van der Waals surface area contributed by atoms with E-state index in [9.17, 15) is 24.5 Å². The minimum atomic E-state index is -0.593. The van der Waals surface area contributed by atoms with Crippen LogP contribution in [0.4, 0.5) is 5.69 Å². The number of non-ortho nitro benzene ring substituents is 1. The summed E-state index contributed by atoms with van der Waals surface area (Å²) in [6, 6.07) is 29.3. The summed E-state index contributed by atoms with van der Waals surface area (Å²) in [6.07, 6.45) is 2.56. The quantitative estimate of drug-likeness (QED) is 0.0350. The van der Waals surface area contributed by atoms with Gasteiger partial charge in [-0.1, -0.05) is 55.0 Å². The fourth-order valence-corrected chi connectivity index (χ4v) is 7.74. The number of fused-ring (bicyclic) bond motifs is 10. The average Bonchev–Trinajstić information content (AvgIpc) is 3.46. The summed E-state index contributed by atoms with van der Waals surface area (Å²) in [6.45, 7) is 1.71. The summed E-state index contributed by atoms with van der Waals surface area (Å²) in [5, 5.41) is 15.3. The van der Waals surface area contributed by atoms with E-state index in [-0.39, 0.29) is 36.6 Å².